The molecule has 0 fully saturated rings. The van der Waals surface area contributed by atoms with Gasteiger partial charge in [0.15, 0.2) is 0 Å². The highest BCUT2D eigenvalue weighted by atomic mass is 16.5. The average Bonchev–Trinajstić information content (AvgIpc) is 2.51. The first kappa shape index (κ1) is 17.2. The van der Waals surface area contributed by atoms with Gasteiger partial charge in [0.1, 0.15) is 17.7 Å². The van der Waals surface area contributed by atoms with Crippen molar-refractivity contribution in [2.45, 2.75) is 39.9 Å². The minimum Gasteiger partial charge on any atom is -0.474 e. The predicted molar refractivity (Wildman–Crippen MR) is 90.2 cm³/mol. The van der Waals surface area contributed by atoms with Gasteiger partial charge < -0.3 is 9.47 Å². The Hall–Kier alpha value is -3.12. The SMILES string of the molecule is CC(C)OC1=N/C=C\C=C(\C#N)c2nc(OC(C)C)c(C#N)cc21. The molecule has 1 aromatic heterocycles. The van der Waals surface area contributed by atoms with E-state index < -0.39 is 0 Å². The van der Waals surface area contributed by atoms with Gasteiger partial charge in [0.25, 0.3) is 0 Å². The summed E-state index contributed by atoms with van der Waals surface area (Å²) in [5, 5.41) is 18.8. The van der Waals surface area contributed by atoms with Gasteiger partial charge in [-0.25, -0.2) is 9.98 Å². The lowest BCUT2D eigenvalue weighted by Crippen LogP contribution is -2.17. The normalized spacial score (nSPS) is 16.7. The number of nitrogens with zero attached hydrogens (tertiary/aromatic N) is 4. The lowest BCUT2D eigenvalue weighted by Gasteiger charge is -2.18. The summed E-state index contributed by atoms with van der Waals surface area (Å²) in [6.45, 7) is 7.44. The quantitative estimate of drug-likeness (QED) is 0.851. The minimum absolute atomic E-state index is 0.115. The molecule has 6 nitrogen and oxygen atoms in total. The number of nitriles is 2. The predicted octanol–water partition coefficient (Wildman–Crippen LogP) is 3.35. The molecule has 0 amide bonds. The summed E-state index contributed by atoms with van der Waals surface area (Å²) < 4.78 is 11.4. The standard InChI is InChI=1S/C18H18N4O2/c1-11(2)23-17-14(10-20)8-15-16(22-17)13(9-19)6-5-7-21-18(15)24-12(3)4/h5-8,11-12H,1-4H3/b6-5?,7-5-,13-6-,16-13?,18-15?,21-7?,21-18?. The van der Waals surface area contributed by atoms with Crippen molar-refractivity contribution in [2.24, 2.45) is 4.99 Å². The Kier molecular flexibility index (Phi) is 5.34. The van der Waals surface area contributed by atoms with E-state index >= 15 is 0 Å². The van der Waals surface area contributed by atoms with Crippen LogP contribution in [0, 0.1) is 22.7 Å². The van der Waals surface area contributed by atoms with E-state index in [2.05, 4.69) is 22.1 Å². The number of hydrogen-bond acceptors (Lipinski definition) is 6. The van der Waals surface area contributed by atoms with Crippen molar-refractivity contribution in [3.8, 4) is 18.0 Å². The van der Waals surface area contributed by atoms with Crippen molar-refractivity contribution in [2.75, 3.05) is 0 Å². The monoisotopic (exact) mass is 322 g/mol. The Bertz CT molecular complexity index is 806. The van der Waals surface area contributed by atoms with Crippen LogP contribution >= 0.6 is 0 Å². The van der Waals surface area contributed by atoms with Crippen molar-refractivity contribution in [3.63, 3.8) is 0 Å². The molecule has 2 heterocycles. The van der Waals surface area contributed by atoms with E-state index in [9.17, 15) is 10.5 Å². The van der Waals surface area contributed by atoms with Crippen LogP contribution in [0.1, 0.15) is 44.5 Å². The van der Waals surface area contributed by atoms with Gasteiger partial charge in [-0.05, 0) is 45.9 Å². The molecule has 1 aliphatic rings. The topological polar surface area (TPSA) is 91.3 Å². The maximum Gasteiger partial charge on any atom is 0.232 e. The summed E-state index contributed by atoms with van der Waals surface area (Å²) in [5.41, 5.74) is 1.49. The molecule has 0 N–H and O–H groups in total. The van der Waals surface area contributed by atoms with Gasteiger partial charge >= 0.3 is 0 Å². The second-order valence-corrected chi connectivity index (χ2v) is 5.65. The van der Waals surface area contributed by atoms with Crippen LogP contribution in [0.25, 0.3) is 5.57 Å². The number of aliphatic imine (C=N–C) groups is 1. The van der Waals surface area contributed by atoms with E-state index in [1.54, 1.807) is 24.4 Å². The van der Waals surface area contributed by atoms with Crippen molar-refractivity contribution < 1.29 is 9.47 Å². The first-order valence-electron chi connectivity index (χ1n) is 7.60. The van der Waals surface area contributed by atoms with Crippen molar-refractivity contribution in [1.82, 2.24) is 4.98 Å². The van der Waals surface area contributed by atoms with Gasteiger partial charge in [0.2, 0.25) is 11.8 Å². The second-order valence-electron chi connectivity index (χ2n) is 5.65. The van der Waals surface area contributed by atoms with E-state index in [4.69, 9.17) is 9.47 Å². The van der Waals surface area contributed by atoms with Crippen LogP contribution in [0.5, 0.6) is 5.88 Å². The van der Waals surface area contributed by atoms with E-state index in [0.29, 0.717) is 22.7 Å². The van der Waals surface area contributed by atoms with Crippen LogP contribution in [-0.2, 0) is 4.74 Å². The number of rotatable bonds is 3. The number of pyridine rings is 1. The highest BCUT2D eigenvalue weighted by Crippen LogP contribution is 2.27. The van der Waals surface area contributed by atoms with E-state index in [0.717, 1.165) is 0 Å². The molecule has 0 aliphatic carbocycles. The van der Waals surface area contributed by atoms with Crippen LogP contribution in [0.2, 0.25) is 0 Å². The van der Waals surface area contributed by atoms with E-state index in [1.807, 2.05) is 27.7 Å². The molecule has 0 radical (unpaired) electrons. The Balaban J connectivity index is 2.71. The molecule has 0 saturated carbocycles. The fourth-order valence-corrected chi connectivity index (χ4v) is 2.06. The number of ether oxygens (including phenoxy) is 2. The van der Waals surface area contributed by atoms with Crippen LogP contribution in [0.4, 0.5) is 0 Å². The smallest absolute Gasteiger partial charge is 0.232 e. The molecular formula is C18H18N4O2. The summed E-state index contributed by atoms with van der Waals surface area (Å²) in [7, 11) is 0. The molecule has 122 valence electrons. The molecular weight excluding hydrogens is 304 g/mol. The first-order chi connectivity index (χ1) is 11.5. The molecule has 0 unspecified atom stereocenters. The third-order valence-electron chi connectivity index (χ3n) is 2.95. The molecule has 0 spiro atoms. The summed E-state index contributed by atoms with van der Waals surface area (Å²) in [6, 6.07) is 5.80. The fraction of sp³-hybridized carbons (Fsp3) is 0.333. The molecule has 0 bridgehead atoms. The maximum absolute atomic E-state index is 9.44. The summed E-state index contributed by atoms with van der Waals surface area (Å²) >= 11 is 0. The minimum atomic E-state index is -0.148. The molecule has 6 heteroatoms. The highest BCUT2D eigenvalue weighted by molar-refractivity contribution is 6.01. The van der Waals surface area contributed by atoms with Gasteiger partial charge in [0, 0.05) is 6.20 Å². The van der Waals surface area contributed by atoms with Crippen LogP contribution in [0.3, 0.4) is 0 Å². The number of hydrogen-bond donors (Lipinski definition) is 0. The molecule has 0 aromatic carbocycles. The van der Waals surface area contributed by atoms with Crippen molar-refractivity contribution in [1.29, 1.82) is 10.5 Å². The number of aromatic nitrogens is 1. The van der Waals surface area contributed by atoms with Gasteiger partial charge in [-0.2, -0.15) is 10.5 Å². The summed E-state index contributed by atoms with van der Waals surface area (Å²) in [5.74, 6) is 0.512. The second kappa shape index (κ2) is 7.43. The zero-order valence-electron chi connectivity index (χ0n) is 14.1. The summed E-state index contributed by atoms with van der Waals surface area (Å²) in [6.07, 6.45) is 4.55. The molecule has 1 aromatic rings. The van der Waals surface area contributed by atoms with Gasteiger partial charge in [0.05, 0.1) is 29.0 Å². The van der Waals surface area contributed by atoms with Crippen LogP contribution in [0.15, 0.2) is 29.4 Å². The third-order valence-corrected chi connectivity index (χ3v) is 2.95. The number of fused-ring (bicyclic) bond motifs is 1. The van der Waals surface area contributed by atoms with Crippen molar-refractivity contribution in [3.05, 3.63) is 41.2 Å². The van der Waals surface area contributed by atoms with Crippen LogP contribution < -0.4 is 4.74 Å². The zero-order chi connectivity index (χ0) is 17.7. The first-order valence-corrected chi connectivity index (χ1v) is 7.60. The Labute approximate surface area is 141 Å². The van der Waals surface area contributed by atoms with Crippen molar-refractivity contribution >= 4 is 11.5 Å². The molecule has 0 atom stereocenters. The maximum atomic E-state index is 9.44. The fourth-order valence-electron chi connectivity index (χ4n) is 2.06. The Morgan fingerprint density at radius 3 is 2.33 bits per heavy atom. The molecule has 0 saturated heterocycles. The third kappa shape index (κ3) is 3.80. The summed E-state index contributed by atoms with van der Waals surface area (Å²) in [4.78, 5) is 8.67. The lowest BCUT2D eigenvalue weighted by molar-refractivity contribution is 0.228. The Morgan fingerprint density at radius 2 is 1.75 bits per heavy atom. The van der Waals surface area contributed by atoms with Gasteiger partial charge in [-0.3, -0.25) is 0 Å². The Morgan fingerprint density at radius 1 is 1.04 bits per heavy atom. The van der Waals surface area contributed by atoms with Gasteiger partial charge in [-0.15, -0.1) is 0 Å². The largest absolute Gasteiger partial charge is 0.474 e. The van der Waals surface area contributed by atoms with E-state index in [1.165, 1.54) is 0 Å². The number of allylic oxidation sites excluding steroid dienone is 3. The molecule has 24 heavy (non-hydrogen) atoms. The average molecular weight is 322 g/mol. The molecule has 1 aliphatic heterocycles. The zero-order valence-corrected chi connectivity index (χ0v) is 14.1. The van der Waals surface area contributed by atoms with E-state index in [-0.39, 0.29) is 23.7 Å². The lowest BCUT2D eigenvalue weighted by atomic mass is 10.0. The highest BCUT2D eigenvalue weighted by Gasteiger charge is 2.22. The van der Waals surface area contributed by atoms with Gasteiger partial charge in [-0.1, -0.05) is 0 Å². The molecule has 2 rings (SSSR count). The van der Waals surface area contributed by atoms with Crippen LogP contribution in [-0.4, -0.2) is 23.1 Å².